The number of aromatic carboxylic acids is 1. The molecule has 0 spiro atoms. The number of rotatable bonds is 2. The number of carboxylic acids is 1. The van der Waals surface area contributed by atoms with Crippen molar-refractivity contribution in [3.63, 3.8) is 0 Å². The third-order valence-corrected chi connectivity index (χ3v) is 2.93. The number of nitrogens with zero attached hydrogens (tertiary/aromatic N) is 2. The molecule has 5 nitrogen and oxygen atoms in total. The summed E-state index contributed by atoms with van der Waals surface area (Å²) in [4.78, 5) is 13.2. The lowest BCUT2D eigenvalue weighted by Gasteiger charge is -2.16. The first-order valence-electron chi connectivity index (χ1n) is 5.01. The summed E-state index contributed by atoms with van der Waals surface area (Å²) in [6.07, 6.45) is 2.01. The van der Waals surface area contributed by atoms with Gasteiger partial charge in [0.15, 0.2) is 5.76 Å². The lowest BCUT2D eigenvalue weighted by molar-refractivity contribution is 0.0691. The molecule has 1 aromatic heterocycles. The summed E-state index contributed by atoms with van der Waals surface area (Å²) in [6, 6.07) is 0.0669. The van der Waals surface area contributed by atoms with E-state index in [2.05, 4.69) is 10.1 Å². The van der Waals surface area contributed by atoms with E-state index in [1.807, 2.05) is 7.05 Å². The average molecular weight is 210 g/mol. The lowest BCUT2D eigenvalue weighted by atomic mass is 10.1. The van der Waals surface area contributed by atoms with Crippen molar-refractivity contribution in [1.82, 2.24) is 10.1 Å². The van der Waals surface area contributed by atoms with Crippen LogP contribution in [0.15, 0.2) is 4.52 Å². The summed E-state index contributed by atoms with van der Waals surface area (Å²) >= 11 is 0. The van der Waals surface area contributed by atoms with Gasteiger partial charge in [-0.15, -0.1) is 0 Å². The smallest absolute Gasteiger partial charge is 0.341 e. The van der Waals surface area contributed by atoms with Crippen molar-refractivity contribution in [1.29, 1.82) is 0 Å². The number of hydrogen-bond donors (Lipinski definition) is 1. The second kappa shape index (κ2) is 3.66. The van der Waals surface area contributed by atoms with Gasteiger partial charge < -0.3 is 9.63 Å². The van der Waals surface area contributed by atoms with Gasteiger partial charge in [-0.05, 0) is 33.4 Å². The zero-order valence-electron chi connectivity index (χ0n) is 8.86. The Morgan fingerprint density at radius 1 is 1.67 bits per heavy atom. The molecule has 1 aromatic rings. The van der Waals surface area contributed by atoms with Crippen molar-refractivity contribution in [3.05, 3.63) is 17.0 Å². The topological polar surface area (TPSA) is 66.6 Å². The van der Waals surface area contributed by atoms with Crippen molar-refractivity contribution in [2.75, 3.05) is 13.6 Å². The number of carbonyl (C=O) groups is 1. The Morgan fingerprint density at radius 2 is 2.40 bits per heavy atom. The Balaban J connectivity index is 2.39. The molecule has 0 bridgehead atoms. The monoisotopic (exact) mass is 210 g/mol. The maximum absolute atomic E-state index is 11.0. The first-order chi connectivity index (χ1) is 7.11. The first kappa shape index (κ1) is 10.2. The molecule has 0 aromatic carbocycles. The van der Waals surface area contributed by atoms with E-state index in [1.54, 1.807) is 6.92 Å². The van der Waals surface area contributed by atoms with E-state index in [-0.39, 0.29) is 11.6 Å². The molecule has 82 valence electrons. The van der Waals surface area contributed by atoms with Crippen molar-refractivity contribution in [2.45, 2.75) is 25.8 Å². The van der Waals surface area contributed by atoms with Crippen LogP contribution in [0.25, 0.3) is 0 Å². The van der Waals surface area contributed by atoms with E-state index in [9.17, 15) is 4.79 Å². The highest BCUT2D eigenvalue weighted by Gasteiger charge is 2.32. The highest BCUT2D eigenvalue weighted by Crippen LogP contribution is 2.33. The largest absolute Gasteiger partial charge is 0.477 e. The molecule has 1 aliphatic rings. The van der Waals surface area contributed by atoms with Gasteiger partial charge in [-0.3, -0.25) is 4.90 Å². The molecule has 1 unspecified atom stereocenters. The van der Waals surface area contributed by atoms with Gasteiger partial charge in [0, 0.05) is 0 Å². The Morgan fingerprint density at radius 3 is 2.93 bits per heavy atom. The van der Waals surface area contributed by atoms with Gasteiger partial charge in [0.2, 0.25) is 0 Å². The summed E-state index contributed by atoms with van der Waals surface area (Å²) in [5, 5.41) is 12.8. The maximum atomic E-state index is 11.0. The molecule has 1 atom stereocenters. The number of hydrogen-bond acceptors (Lipinski definition) is 4. The van der Waals surface area contributed by atoms with Crippen molar-refractivity contribution in [2.24, 2.45) is 0 Å². The van der Waals surface area contributed by atoms with Crippen LogP contribution in [0.1, 0.15) is 40.7 Å². The van der Waals surface area contributed by atoms with Crippen LogP contribution in [0.3, 0.4) is 0 Å². The fourth-order valence-corrected chi connectivity index (χ4v) is 2.12. The molecule has 0 amide bonds. The molecule has 0 radical (unpaired) electrons. The summed E-state index contributed by atoms with van der Waals surface area (Å²) in [7, 11) is 1.97. The van der Waals surface area contributed by atoms with Crippen LogP contribution < -0.4 is 0 Å². The molecular weight excluding hydrogens is 196 g/mol. The van der Waals surface area contributed by atoms with Crippen molar-refractivity contribution >= 4 is 5.97 Å². The van der Waals surface area contributed by atoms with E-state index in [0.29, 0.717) is 11.5 Å². The van der Waals surface area contributed by atoms with Gasteiger partial charge in [-0.2, -0.15) is 0 Å². The Kier molecular flexibility index (Phi) is 2.48. The van der Waals surface area contributed by atoms with E-state index in [4.69, 9.17) is 9.63 Å². The molecule has 1 N–H and O–H groups in total. The van der Waals surface area contributed by atoms with Gasteiger partial charge in [-0.25, -0.2) is 4.79 Å². The maximum Gasteiger partial charge on any atom is 0.341 e. The fraction of sp³-hybridized carbons (Fsp3) is 0.600. The summed E-state index contributed by atoms with van der Waals surface area (Å²) in [5.41, 5.74) is 0.687. The molecule has 15 heavy (non-hydrogen) atoms. The van der Waals surface area contributed by atoms with E-state index in [1.165, 1.54) is 0 Å². The van der Waals surface area contributed by atoms with Crippen LogP contribution in [0.2, 0.25) is 0 Å². The lowest BCUT2D eigenvalue weighted by Crippen LogP contribution is -2.19. The fourth-order valence-electron chi connectivity index (χ4n) is 2.12. The number of aromatic nitrogens is 1. The highest BCUT2D eigenvalue weighted by molar-refractivity contribution is 5.90. The first-order valence-corrected chi connectivity index (χ1v) is 5.01. The van der Waals surface area contributed by atoms with Crippen LogP contribution in [-0.2, 0) is 0 Å². The Labute approximate surface area is 87.7 Å². The zero-order valence-corrected chi connectivity index (χ0v) is 8.86. The highest BCUT2D eigenvalue weighted by atomic mass is 16.5. The van der Waals surface area contributed by atoms with E-state index in [0.717, 1.165) is 19.4 Å². The van der Waals surface area contributed by atoms with Crippen LogP contribution in [0.5, 0.6) is 0 Å². The zero-order chi connectivity index (χ0) is 11.0. The minimum atomic E-state index is -0.955. The molecule has 2 rings (SSSR count). The number of likely N-dealkylation sites (tertiary alicyclic amines) is 1. The number of carboxylic acid groups (broad SMARTS) is 1. The van der Waals surface area contributed by atoms with Gasteiger partial charge in [0.05, 0.1) is 11.7 Å². The predicted octanol–water partition coefficient (Wildman–Crippen LogP) is 1.45. The van der Waals surface area contributed by atoms with Crippen LogP contribution in [0.4, 0.5) is 0 Å². The second-order valence-corrected chi connectivity index (χ2v) is 3.95. The van der Waals surface area contributed by atoms with E-state index >= 15 is 0 Å². The average Bonchev–Trinajstić information content (AvgIpc) is 2.71. The predicted molar refractivity (Wildman–Crippen MR) is 52.8 cm³/mol. The molecule has 2 heterocycles. The normalized spacial score (nSPS) is 22.1. The summed E-state index contributed by atoms with van der Waals surface area (Å²) in [6.45, 7) is 2.63. The van der Waals surface area contributed by atoms with Crippen LogP contribution in [0, 0.1) is 6.92 Å². The standard InChI is InChI=1S/C10H14N2O3/c1-6-8(10(13)14)9(15-11-6)7-4-3-5-12(7)2/h7H,3-5H2,1-2H3,(H,13,14). The van der Waals surface area contributed by atoms with Crippen molar-refractivity contribution < 1.29 is 14.4 Å². The second-order valence-electron chi connectivity index (χ2n) is 3.95. The summed E-state index contributed by atoms with van der Waals surface area (Å²) < 4.78 is 5.14. The Hall–Kier alpha value is -1.36. The van der Waals surface area contributed by atoms with Gasteiger partial charge in [0.1, 0.15) is 5.56 Å². The summed E-state index contributed by atoms with van der Waals surface area (Å²) in [5.74, 6) is -0.455. The molecular formula is C10H14N2O3. The van der Waals surface area contributed by atoms with Crippen LogP contribution >= 0.6 is 0 Å². The minimum Gasteiger partial charge on any atom is -0.477 e. The van der Waals surface area contributed by atoms with Gasteiger partial charge in [-0.1, -0.05) is 5.16 Å². The quantitative estimate of drug-likeness (QED) is 0.800. The molecule has 0 aliphatic carbocycles. The van der Waals surface area contributed by atoms with Gasteiger partial charge >= 0.3 is 5.97 Å². The molecule has 1 fully saturated rings. The third-order valence-electron chi connectivity index (χ3n) is 2.93. The molecule has 0 saturated carbocycles. The van der Waals surface area contributed by atoms with E-state index < -0.39 is 5.97 Å². The van der Waals surface area contributed by atoms with Gasteiger partial charge in [0.25, 0.3) is 0 Å². The van der Waals surface area contributed by atoms with Crippen LogP contribution in [-0.4, -0.2) is 34.7 Å². The number of aryl methyl sites for hydroxylation is 1. The third kappa shape index (κ3) is 1.63. The minimum absolute atomic E-state index is 0.0669. The Bertz CT molecular complexity index is 386. The van der Waals surface area contributed by atoms with Crippen molar-refractivity contribution in [3.8, 4) is 0 Å². The molecule has 1 saturated heterocycles. The SMILES string of the molecule is Cc1noc(C2CCCN2C)c1C(=O)O. The molecule has 5 heteroatoms. The molecule has 1 aliphatic heterocycles.